The molecule has 0 N–H and O–H groups in total. The molecule has 35 heavy (non-hydrogen) atoms. The van der Waals surface area contributed by atoms with Crippen molar-refractivity contribution in [2.45, 2.75) is 32.3 Å². The highest BCUT2D eigenvalue weighted by Gasteiger charge is 2.48. The van der Waals surface area contributed by atoms with Gasteiger partial charge in [0.15, 0.2) is 5.60 Å². The number of rotatable bonds is 9. The Morgan fingerprint density at radius 2 is 1.14 bits per heavy atom. The highest BCUT2D eigenvalue weighted by atomic mass is 16.6. The summed E-state index contributed by atoms with van der Waals surface area (Å²) < 4.78 is 6.36. The van der Waals surface area contributed by atoms with E-state index in [2.05, 4.69) is 89.2 Å². The van der Waals surface area contributed by atoms with Crippen molar-refractivity contribution in [1.29, 1.82) is 0 Å². The van der Waals surface area contributed by atoms with Crippen molar-refractivity contribution in [1.82, 2.24) is 0 Å². The van der Waals surface area contributed by atoms with Crippen LogP contribution in [0.25, 0.3) is 0 Å². The van der Waals surface area contributed by atoms with Gasteiger partial charge in [0.2, 0.25) is 0 Å². The number of carbonyl (C=O) groups is 1. The van der Waals surface area contributed by atoms with Gasteiger partial charge in [0, 0.05) is 75.0 Å². The van der Waals surface area contributed by atoms with Gasteiger partial charge in [-0.1, -0.05) is 44.2 Å². The topological polar surface area (TPSA) is 36.0 Å². The summed E-state index contributed by atoms with van der Waals surface area (Å²) in [5.74, 6) is -0.275. The lowest BCUT2D eigenvalue weighted by Gasteiger charge is -2.31. The molecule has 0 radical (unpaired) electrons. The van der Waals surface area contributed by atoms with Crippen LogP contribution >= 0.6 is 0 Å². The number of nitrogens with zero attached hydrogens (tertiary/aromatic N) is 3. The third-order valence-electron chi connectivity index (χ3n) is 6.78. The van der Waals surface area contributed by atoms with Crippen LogP contribution in [0, 0.1) is 0 Å². The van der Waals surface area contributed by atoms with Gasteiger partial charge in [0.1, 0.15) is 0 Å². The number of carbonyl (C=O) groups excluding carboxylic acids is 1. The average molecular weight is 472 g/mol. The predicted molar refractivity (Wildman–Crippen MR) is 146 cm³/mol. The molecule has 3 aromatic rings. The molecule has 0 aromatic heterocycles. The Bertz CT molecular complexity index is 1110. The lowest BCUT2D eigenvalue weighted by atomic mass is 9.79. The number of esters is 1. The van der Waals surface area contributed by atoms with Gasteiger partial charge in [-0.2, -0.15) is 0 Å². The predicted octanol–water partition coefficient (Wildman–Crippen LogP) is 5.91. The molecule has 1 aliphatic heterocycles. The van der Waals surface area contributed by atoms with Crippen molar-refractivity contribution >= 4 is 23.0 Å². The molecular weight excluding hydrogens is 434 g/mol. The SMILES string of the molecule is CCCN(CCC)c1ccc2c(c1)C(=O)OC2(c1ccc(N(C)C)cc1)c1ccc(N(C)C)cc1. The standard InChI is InChI=1S/C30H37N3O2/c1-7-19-33(20-8-2)26-17-18-28-27(21-26)29(34)35-30(28,22-9-13-24(14-10-22)31(3)4)23-11-15-25(16-12-23)32(5)6/h9-18,21H,7-8,19-20H2,1-6H3. The molecule has 0 atom stereocenters. The molecule has 4 rings (SSSR count). The second-order valence-corrected chi connectivity index (χ2v) is 9.67. The first-order valence-electron chi connectivity index (χ1n) is 12.5. The van der Waals surface area contributed by atoms with Crippen molar-refractivity contribution in [3.63, 3.8) is 0 Å². The quantitative estimate of drug-likeness (QED) is 0.363. The third kappa shape index (κ3) is 4.47. The number of hydrogen-bond donors (Lipinski definition) is 0. The van der Waals surface area contributed by atoms with Crippen LogP contribution in [0.1, 0.15) is 53.7 Å². The molecule has 0 fully saturated rings. The van der Waals surface area contributed by atoms with E-state index in [1.54, 1.807) is 0 Å². The van der Waals surface area contributed by atoms with Crippen LogP contribution in [0.3, 0.4) is 0 Å². The number of fused-ring (bicyclic) bond motifs is 1. The molecule has 1 heterocycles. The number of ether oxygens (including phenoxy) is 1. The Hall–Kier alpha value is -3.47. The molecule has 0 aliphatic carbocycles. The summed E-state index contributed by atoms with van der Waals surface area (Å²) in [4.78, 5) is 19.9. The van der Waals surface area contributed by atoms with E-state index in [1.165, 1.54) is 0 Å². The van der Waals surface area contributed by atoms with Gasteiger partial charge >= 0.3 is 5.97 Å². The van der Waals surface area contributed by atoms with Crippen molar-refractivity contribution in [3.8, 4) is 0 Å². The summed E-state index contributed by atoms with van der Waals surface area (Å²) >= 11 is 0. The lowest BCUT2D eigenvalue weighted by molar-refractivity contribution is 0.0251. The number of anilines is 3. The maximum atomic E-state index is 13.4. The van der Waals surface area contributed by atoms with Crippen LogP contribution in [0.15, 0.2) is 66.7 Å². The van der Waals surface area contributed by atoms with Gasteiger partial charge in [-0.25, -0.2) is 4.79 Å². The second-order valence-electron chi connectivity index (χ2n) is 9.67. The average Bonchev–Trinajstić information content (AvgIpc) is 3.16. The van der Waals surface area contributed by atoms with E-state index in [0.717, 1.165) is 59.7 Å². The number of hydrogen-bond acceptors (Lipinski definition) is 5. The van der Waals surface area contributed by atoms with E-state index in [4.69, 9.17) is 4.74 Å². The summed E-state index contributed by atoms with van der Waals surface area (Å²) in [5.41, 5.74) is 5.72. The summed E-state index contributed by atoms with van der Waals surface area (Å²) in [6.07, 6.45) is 2.11. The van der Waals surface area contributed by atoms with Crippen molar-refractivity contribution in [2.75, 3.05) is 56.0 Å². The zero-order valence-corrected chi connectivity index (χ0v) is 21.8. The molecule has 3 aromatic carbocycles. The fourth-order valence-corrected chi connectivity index (χ4v) is 4.95. The minimum Gasteiger partial charge on any atom is -0.441 e. The first kappa shape index (κ1) is 24.6. The van der Waals surface area contributed by atoms with Gasteiger partial charge in [-0.15, -0.1) is 0 Å². The monoisotopic (exact) mass is 471 g/mol. The normalized spacial score (nSPS) is 13.8. The summed E-state index contributed by atoms with van der Waals surface area (Å²) in [6, 6.07) is 22.9. The summed E-state index contributed by atoms with van der Waals surface area (Å²) in [6.45, 7) is 6.30. The van der Waals surface area contributed by atoms with Gasteiger partial charge in [-0.3, -0.25) is 0 Å². The maximum Gasteiger partial charge on any atom is 0.340 e. The van der Waals surface area contributed by atoms with Crippen molar-refractivity contribution < 1.29 is 9.53 Å². The molecular formula is C30H37N3O2. The van der Waals surface area contributed by atoms with E-state index in [1.807, 2.05) is 34.3 Å². The zero-order valence-electron chi connectivity index (χ0n) is 21.8. The van der Waals surface area contributed by atoms with E-state index in [9.17, 15) is 4.79 Å². The minimum absolute atomic E-state index is 0.275. The molecule has 0 unspecified atom stereocenters. The molecule has 0 saturated carbocycles. The van der Waals surface area contributed by atoms with E-state index in [-0.39, 0.29) is 5.97 Å². The van der Waals surface area contributed by atoms with E-state index >= 15 is 0 Å². The number of benzene rings is 3. The zero-order chi connectivity index (χ0) is 25.2. The second kappa shape index (κ2) is 10.0. The van der Waals surface area contributed by atoms with Crippen LogP contribution in [-0.2, 0) is 10.3 Å². The summed E-state index contributed by atoms with van der Waals surface area (Å²) in [5, 5.41) is 0. The fourth-order valence-electron chi connectivity index (χ4n) is 4.95. The Balaban J connectivity index is 1.89. The molecule has 1 aliphatic rings. The first-order chi connectivity index (χ1) is 16.8. The van der Waals surface area contributed by atoms with Crippen LogP contribution in [0.5, 0.6) is 0 Å². The Kier molecular flexibility index (Phi) is 7.06. The van der Waals surface area contributed by atoms with Crippen LogP contribution in [0.4, 0.5) is 17.1 Å². The number of cyclic esters (lactones) is 1. The highest BCUT2D eigenvalue weighted by Crippen LogP contribution is 2.48. The lowest BCUT2D eigenvalue weighted by Crippen LogP contribution is -2.30. The fraction of sp³-hybridized carbons (Fsp3) is 0.367. The van der Waals surface area contributed by atoms with Crippen molar-refractivity contribution in [2.24, 2.45) is 0 Å². The molecule has 0 amide bonds. The third-order valence-corrected chi connectivity index (χ3v) is 6.78. The van der Waals surface area contributed by atoms with Gasteiger partial charge < -0.3 is 19.4 Å². The Labute approximate surface area is 209 Å². The van der Waals surface area contributed by atoms with Crippen LogP contribution < -0.4 is 14.7 Å². The molecule has 184 valence electrons. The summed E-state index contributed by atoms with van der Waals surface area (Å²) in [7, 11) is 8.09. The molecule has 0 spiro atoms. The first-order valence-corrected chi connectivity index (χ1v) is 12.5. The van der Waals surface area contributed by atoms with Gasteiger partial charge in [-0.05, 0) is 49.2 Å². The maximum absolute atomic E-state index is 13.4. The molecule has 5 nitrogen and oxygen atoms in total. The Morgan fingerprint density at radius 3 is 1.57 bits per heavy atom. The van der Waals surface area contributed by atoms with Gasteiger partial charge in [0.05, 0.1) is 5.56 Å². The van der Waals surface area contributed by atoms with E-state index < -0.39 is 5.60 Å². The highest BCUT2D eigenvalue weighted by molar-refractivity contribution is 5.97. The van der Waals surface area contributed by atoms with Crippen LogP contribution in [-0.4, -0.2) is 47.2 Å². The Morgan fingerprint density at radius 1 is 0.686 bits per heavy atom. The molecule has 0 bridgehead atoms. The largest absolute Gasteiger partial charge is 0.441 e. The molecule has 5 heteroatoms. The van der Waals surface area contributed by atoms with Crippen LogP contribution in [0.2, 0.25) is 0 Å². The smallest absolute Gasteiger partial charge is 0.340 e. The molecule has 0 saturated heterocycles. The van der Waals surface area contributed by atoms with Crippen molar-refractivity contribution in [3.05, 3.63) is 89.0 Å². The van der Waals surface area contributed by atoms with Gasteiger partial charge in [0.25, 0.3) is 0 Å². The minimum atomic E-state index is -0.985. The van der Waals surface area contributed by atoms with E-state index in [0.29, 0.717) is 5.56 Å².